The van der Waals surface area contributed by atoms with Gasteiger partial charge in [-0.05, 0) is 24.5 Å². The Hall–Kier alpha value is -2.57. The van der Waals surface area contributed by atoms with Gasteiger partial charge in [0.25, 0.3) is 0 Å². The highest BCUT2D eigenvalue weighted by Crippen LogP contribution is 2.16. The summed E-state index contributed by atoms with van der Waals surface area (Å²) in [5.74, 6) is 0.0145. The molecule has 2 aromatic carbocycles. The minimum absolute atomic E-state index is 0.0145. The Morgan fingerprint density at radius 3 is 2.53 bits per heavy atom. The predicted octanol–water partition coefficient (Wildman–Crippen LogP) is 3.34. The van der Waals surface area contributed by atoms with E-state index >= 15 is 0 Å². The first-order valence-corrected chi connectivity index (χ1v) is 10.7. The molecule has 0 aromatic heterocycles. The van der Waals surface area contributed by atoms with Gasteiger partial charge in [-0.1, -0.05) is 60.1 Å². The Morgan fingerprint density at radius 1 is 0.967 bits per heavy atom. The van der Waals surface area contributed by atoms with Crippen LogP contribution < -0.4 is 5.32 Å². The molecule has 1 heterocycles. The molecule has 7 heteroatoms. The topological polar surface area (TPSA) is 61.9 Å². The van der Waals surface area contributed by atoms with Crippen molar-refractivity contribution in [3.63, 3.8) is 0 Å². The molecule has 1 aliphatic heterocycles. The number of hydrogen-bond donors (Lipinski definition) is 1. The fourth-order valence-electron chi connectivity index (χ4n) is 3.41. The van der Waals surface area contributed by atoms with Gasteiger partial charge < -0.3 is 15.0 Å². The zero-order valence-corrected chi connectivity index (χ0v) is 17.8. The van der Waals surface area contributed by atoms with Crippen molar-refractivity contribution in [2.45, 2.75) is 19.4 Å². The van der Waals surface area contributed by atoms with Crippen LogP contribution in [0.25, 0.3) is 0 Å². The molecule has 1 fully saturated rings. The van der Waals surface area contributed by atoms with E-state index in [0.717, 1.165) is 24.9 Å². The molecule has 3 rings (SSSR count). The van der Waals surface area contributed by atoms with Gasteiger partial charge in [0.15, 0.2) is 0 Å². The summed E-state index contributed by atoms with van der Waals surface area (Å²) in [6.45, 7) is 3.71. The maximum atomic E-state index is 12.4. The monoisotopic (exact) mass is 429 g/mol. The number of benzene rings is 2. The molecule has 2 aromatic rings. The number of rotatable bonds is 7. The molecule has 0 bridgehead atoms. The van der Waals surface area contributed by atoms with Crippen molar-refractivity contribution >= 4 is 23.6 Å². The molecular formula is C23H28ClN3O3. The van der Waals surface area contributed by atoms with E-state index in [-0.39, 0.29) is 18.6 Å². The Kier molecular flexibility index (Phi) is 8.53. The van der Waals surface area contributed by atoms with Crippen LogP contribution in [-0.2, 0) is 22.6 Å². The average molecular weight is 430 g/mol. The van der Waals surface area contributed by atoms with Gasteiger partial charge in [0.1, 0.15) is 6.61 Å². The Labute approximate surface area is 182 Å². The molecule has 0 radical (unpaired) electrons. The second-order valence-electron chi connectivity index (χ2n) is 7.35. The molecule has 30 heavy (non-hydrogen) atoms. The van der Waals surface area contributed by atoms with Gasteiger partial charge in [-0.25, -0.2) is 4.79 Å². The zero-order valence-electron chi connectivity index (χ0n) is 17.1. The SMILES string of the molecule is O=C(CN1CCCN(C(=O)OCc2ccccc2Cl)CC1)NCCc1ccccc1. The first-order chi connectivity index (χ1) is 14.6. The quantitative estimate of drug-likeness (QED) is 0.733. The molecule has 0 aliphatic carbocycles. The van der Waals surface area contributed by atoms with Crippen LogP contribution in [0.5, 0.6) is 0 Å². The van der Waals surface area contributed by atoms with E-state index in [1.165, 1.54) is 5.56 Å². The van der Waals surface area contributed by atoms with E-state index in [2.05, 4.69) is 22.3 Å². The van der Waals surface area contributed by atoms with Crippen molar-refractivity contribution in [3.05, 3.63) is 70.7 Å². The smallest absolute Gasteiger partial charge is 0.410 e. The van der Waals surface area contributed by atoms with Crippen molar-refractivity contribution in [3.8, 4) is 0 Å². The summed E-state index contributed by atoms with van der Waals surface area (Å²) >= 11 is 6.11. The highest BCUT2D eigenvalue weighted by atomic mass is 35.5. The summed E-state index contributed by atoms with van der Waals surface area (Å²) in [6.07, 6.45) is 1.28. The van der Waals surface area contributed by atoms with Crippen molar-refractivity contribution in [2.24, 2.45) is 0 Å². The first-order valence-electron chi connectivity index (χ1n) is 10.3. The second-order valence-corrected chi connectivity index (χ2v) is 7.76. The number of hydrogen-bond acceptors (Lipinski definition) is 4. The Morgan fingerprint density at radius 2 is 1.73 bits per heavy atom. The van der Waals surface area contributed by atoms with Crippen molar-refractivity contribution in [1.29, 1.82) is 0 Å². The predicted molar refractivity (Wildman–Crippen MR) is 117 cm³/mol. The summed E-state index contributed by atoms with van der Waals surface area (Å²) in [4.78, 5) is 28.4. The standard InChI is InChI=1S/C23H28ClN3O3/c24-21-10-5-4-9-20(21)18-30-23(29)27-14-6-13-26(15-16-27)17-22(28)25-12-11-19-7-2-1-3-8-19/h1-5,7-10H,6,11-18H2,(H,25,28). The van der Waals surface area contributed by atoms with Crippen molar-refractivity contribution in [2.75, 3.05) is 39.3 Å². The van der Waals surface area contributed by atoms with E-state index in [1.807, 2.05) is 36.4 Å². The molecule has 0 saturated carbocycles. The Balaban J connectivity index is 1.37. The van der Waals surface area contributed by atoms with E-state index in [9.17, 15) is 9.59 Å². The lowest BCUT2D eigenvalue weighted by atomic mass is 10.1. The van der Waals surface area contributed by atoms with Crippen LogP contribution >= 0.6 is 11.6 Å². The number of halogens is 1. The second kappa shape index (κ2) is 11.6. The fourth-order valence-corrected chi connectivity index (χ4v) is 3.60. The van der Waals surface area contributed by atoms with Gasteiger partial charge in [0, 0.05) is 43.3 Å². The lowest BCUT2D eigenvalue weighted by Crippen LogP contribution is -2.40. The van der Waals surface area contributed by atoms with Gasteiger partial charge in [0.05, 0.1) is 6.54 Å². The van der Waals surface area contributed by atoms with Crippen LogP contribution in [0.15, 0.2) is 54.6 Å². The minimum atomic E-state index is -0.343. The maximum absolute atomic E-state index is 12.4. The highest BCUT2D eigenvalue weighted by Gasteiger charge is 2.21. The zero-order chi connectivity index (χ0) is 21.2. The van der Waals surface area contributed by atoms with E-state index in [0.29, 0.717) is 37.7 Å². The molecule has 1 N–H and O–H groups in total. The van der Waals surface area contributed by atoms with Gasteiger partial charge >= 0.3 is 6.09 Å². The largest absolute Gasteiger partial charge is 0.444 e. The van der Waals surface area contributed by atoms with Crippen LogP contribution in [0.4, 0.5) is 4.79 Å². The van der Waals surface area contributed by atoms with Crippen LogP contribution in [0.3, 0.4) is 0 Å². The lowest BCUT2D eigenvalue weighted by Gasteiger charge is -2.21. The first kappa shape index (κ1) is 22.1. The van der Waals surface area contributed by atoms with Gasteiger partial charge in [0.2, 0.25) is 5.91 Å². The highest BCUT2D eigenvalue weighted by molar-refractivity contribution is 6.31. The fraction of sp³-hybridized carbons (Fsp3) is 0.391. The molecule has 1 aliphatic rings. The summed E-state index contributed by atoms with van der Waals surface area (Å²) < 4.78 is 5.42. The molecule has 2 amide bonds. The molecule has 0 spiro atoms. The summed E-state index contributed by atoms with van der Waals surface area (Å²) in [6, 6.07) is 17.4. The van der Waals surface area contributed by atoms with Crippen LogP contribution in [-0.4, -0.2) is 61.1 Å². The van der Waals surface area contributed by atoms with Crippen LogP contribution in [0.2, 0.25) is 5.02 Å². The number of nitrogens with one attached hydrogen (secondary N) is 1. The summed E-state index contributed by atoms with van der Waals surface area (Å²) in [7, 11) is 0. The number of carbonyl (C=O) groups is 2. The van der Waals surface area contributed by atoms with Crippen LogP contribution in [0, 0.1) is 0 Å². The Bertz CT molecular complexity index is 831. The molecule has 160 valence electrons. The number of amides is 2. The normalized spacial score (nSPS) is 14.8. The van der Waals surface area contributed by atoms with E-state index in [1.54, 1.807) is 11.0 Å². The lowest BCUT2D eigenvalue weighted by molar-refractivity contribution is -0.122. The molecular weight excluding hydrogens is 402 g/mol. The third-order valence-electron chi connectivity index (χ3n) is 5.10. The molecule has 0 atom stereocenters. The van der Waals surface area contributed by atoms with Crippen molar-refractivity contribution < 1.29 is 14.3 Å². The summed E-state index contributed by atoms with van der Waals surface area (Å²) in [5, 5.41) is 3.57. The molecule has 0 unspecified atom stereocenters. The van der Waals surface area contributed by atoms with E-state index < -0.39 is 0 Å². The van der Waals surface area contributed by atoms with Crippen molar-refractivity contribution in [1.82, 2.24) is 15.1 Å². The molecule has 1 saturated heterocycles. The number of nitrogens with zero attached hydrogens (tertiary/aromatic N) is 2. The number of ether oxygens (including phenoxy) is 1. The molecule has 6 nitrogen and oxygen atoms in total. The van der Waals surface area contributed by atoms with Gasteiger partial charge in [-0.3, -0.25) is 9.69 Å². The van der Waals surface area contributed by atoms with Gasteiger partial charge in [-0.15, -0.1) is 0 Å². The maximum Gasteiger partial charge on any atom is 0.410 e. The average Bonchev–Trinajstić information content (AvgIpc) is 2.99. The third kappa shape index (κ3) is 7.04. The number of carbonyl (C=O) groups excluding carboxylic acids is 2. The summed E-state index contributed by atoms with van der Waals surface area (Å²) in [5.41, 5.74) is 2.00. The van der Waals surface area contributed by atoms with Gasteiger partial charge in [-0.2, -0.15) is 0 Å². The van der Waals surface area contributed by atoms with E-state index in [4.69, 9.17) is 16.3 Å². The third-order valence-corrected chi connectivity index (χ3v) is 5.47. The minimum Gasteiger partial charge on any atom is -0.444 e. The van der Waals surface area contributed by atoms with Crippen LogP contribution in [0.1, 0.15) is 17.5 Å².